The molecule has 142 valence electrons. The predicted octanol–water partition coefficient (Wildman–Crippen LogP) is 1.96. The van der Waals surface area contributed by atoms with Crippen molar-refractivity contribution in [3.05, 3.63) is 42.7 Å². The lowest BCUT2D eigenvalue weighted by Crippen LogP contribution is -2.50. The van der Waals surface area contributed by atoms with Crippen molar-refractivity contribution in [2.24, 2.45) is 0 Å². The quantitative estimate of drug-likeness (QED) is 0.705. The average molecular weight is 367 g/mol. The fraction of sp³-hybridized carbons (Fsp3) is 0.474. The SMILES string of the molecule is CC(C)c1nccn1[C@H](C)C(=O)N1CCN(c2ccc3nccn3n2)CC1. The minimum Gasteiger partial charge on any atom is -0.352 e. The van der Waals surface area contributed by atoms with Gasteiger partial charge in [-0.05, 0) is 19.1 Å². The van der Waals surface area contributed by atoms with Crippen molar-refractivity contribution in [3.63, 3.8) is 0 Å². The maximum absolute atomic E-state index is 13.0. The topological polar surface area (TPSA) is 71.6 Å². The van der Waals surface area contributed by atoms with Gasteiger partial charge in [0.05, 0.1) is 0 Å². The second kappa shape index (κ2) is 7.02. The molecule has 0 radical (unpaired) electrons. The second-order valence-corrected chi connectivity index (χ2v) is 7.26. The highest BCUT2D eigenvalue weighted by atomic mass is 16.2. The molecule has 8 heteroatoms. The van der Waals surface area contributed by atoms with Gasteiger partial charge in [0.1, 0.15) is 17.7 Å². The van der Waals surface area contributed by atoms with E-state index in [0.717, 1.165) is 30.4 Å². The summed E-state index contributed by atoms with van der Waals surface area (Å²) in [6.07, 6.45) is 7.26. The zero-order valence-corrected chi connectivity index (χ0v) is 16.0. The number of hydrogen-bond donors (Lipinski definition) is 0. The van der Waals surface area contributed by atoms with Gasteiger partial charge in [-0.25, -0.2) is 14.5 Å². The Morgan fingerprint density at radius 2 is 1.74 bits per heavy atom. The van der Waals surface area contributed by atoms with Gasteiger partial charge in [-0.3, -0.25) is 4.79 Å². The summed E-state index contributed by atoms with van der Waals surface area (Å²) in [4.78, 5) is 25.8. The van der Waals surface area contributed by atoms with E-state index in [1.165, 1.54) is 0 Å². The Hall–Kier alpha value is -2.90. The van der Waals surface area contributed by atoms with E-state index in [1.54, 1.807) is 16.9 Å². The first-order valence-corrected chi connectivity index (χ1v) is 9.41. The van der Waals surface area contributed by atoms with E-state index >= 15 is 0 Å². The van der Waals surface area contributed by atoms with Crippen molar-refractivity contribution in [1.29, 1.82) is 0 Å². The molecule has 1 aliphatic rings. The Labute approximate surface area is 158 Å². The minimum absolute atomic E-state index is 0.146. The molecule has 1 amide bonds. The van der Waals surface area contributed by atoms with Crippen LogP contribution in [0.15, 0.2) is 36.9 Å². The summed E-state index contributed by atoms with van der Waals surface area (Å²) in [6, 6.07) is 3.72. The number of nitrogens with zero attached hydrogens (tertiary/aromatic N) is 7. The number of fused-ring (bicyclic) bond motifs is 1. The number of hydrogen-bond acceptors (Lipinski definition) is 5. The third kappa shape index (κ3) is 3.27. The third-order valence-corrected chi connectivity index (χ3v) is 5.15. The van der Waals surface area contributed by atoms with Crippen molar-refractivity contribution < 1.29 is 4.79 Å². The molecule has 4 rings (SSSR count). The molecule has 0 saturated carbocycles. The normalized spacial score (nSPS) is 16.3. The van der Waals surface area contributed by atoms with E-state index in [4.69, 9.17) is 0 Å². The number of amides is 1. The van der Waals surface area contributed by atoms with E-state index in [0.29, 0.717) is 13.1 Å². The smallest absolute Gasteiger partial charge is 0.245 e. The minimum atomic E-state index is -0.239. The number of carbonyl (C=O) groups excluding carboxylic acids is 1. The summed E-state index contributed by atoms with van der Waals surface area (Å²) in [5.41, 5.74) is 0.836. The van der Waals surface area contributed by atoms with E-state index in [1.807, 2.05) is 40.9 Å². The van der Waals surface area contributed by atoms with Gasteiger partial charge in [0, 0.05) is 56.9 Å². The predicted molar refractivity (Wildman–Crippen MR) is 103 cm³/mol. The van der Waals surface area contributed by atoms with Gasteiger partial charge in [0.15, 0.2) is 5.65 Å². The lowest BCUT2D eigenvalue weighted by Gasteiger charge is -2.36. The average Bonchev–Trinajstić information content (AvgIpc) is 3.35. The van der Waals surface area contributed by atoms with Crippen LogP contribution in [0.4, 0.5) is 5.82 Å². The van der Waals surface area contributed by atoms with Gasteiger partial charge in [-0.1, -0.05) is 13.8 Å². The fourth-order valence-corrected chi connectivity index (χ4v) is 3.61. The summed E-state index contributed by atoms with van der Waals surface area (Å²) in [7, 11) is 0. The standard InChI is InChI=1S/C19H25N7O/c1-14(2)18-21-6-8-25(18)15(3)19(27)24-12-10-23(11-13-24)17-5-4-16-20-7-9-26(16)22-17/h4-9,14-15H,10-13H2,1-3H3/t15-/m1/s1. The van der Waals surface area contributed by atoms with E-state index in [2.05, 4.69) is 33.8 Å². The van der Waals surface area contributed by atoms with Crippen LogP contribution in [0.2, 0.25) is 0 Å². The van der Waals surface area contributed by atoms with Crippen LogP contribution in [0.1, 0.15) is 38.6 Å². The molecule has 4 heterocycles. The number of imidazole rings is 2. The number of anilines is 1. The maximum atomic E-state index is 13.0. The van der Waals surface area contributed by atoms with Crippen LogP contribution in [0.5, 0.6) is 0 Å². The van der Waals surface area contributed by atoms with Crippen LogP contribution < -0.4 is 4.90 Å². The maximum Gasteiger partial charge on any atom is 0.245 e. The molecule has 0 aromatic carbocycles. The molecule has 0 unspecified atom stereocenters. The largest absolute Gasteiger partial charge is 0.352 e. The van der Waals surface area contributed by atoms with E-state index in [-0.39, 0.29) is 17.9 Å². The molecule has 0 N–H and O–H groups in total. The van der Waals surface area contributed by atoms with Gasteiger partial charge in [-0.15, -0.1) is 5.10 Å². The molecule has 3 aromatic rings. The first-order chi connectivity index (χ1) is 13.0. The van der Waals surface area contributed by atoms with Crippen LogP contribution in [-0.2, 0) is 4.79 Å². The highest BCUT2D eigenvalue weighted by Gasteiger charge is 2.27. The Balaban J connectivity index is 1.42. The van der Waals surface area contributed by atoms with E-state index < -0.39 is 0 Å². The Kier molecular flexibility index (Phi) is 4.55. The van der Waals surface area contributed by atoms with Crippen LogP contribution in [0.3, 0.4) is 0 Å². The molecule has 1 saturated heterocycles. The first kappa shape index (κ1) is 17.5. The van der Waals surface area contributed by atoms with Crippen molar-refractivity contribution in [2.75, 3.05) is 31.1 Å². The van der Waals surface area contributed by atoms with Crippen molar-refractivity contribution in [2.45, 2.75) is 32.7 Å². The summed E-state index contributed by atoms with van der Waals surface area (Å²) >= 11 is 0. The summed E-state index contributed by atoms with van der Waals surface area (Å²) in [6.45, 7) is 9.07. The summed E-state index contributed by atoms with van der Waals surface area (Å²) in [5.74, 6) is 2.30. The molecule has 1 atom stereocenters. The third-order valence-electron chi connectivity index (χ3n) is 5.15. The van der Waals surface area contributed by atoms with Gasteiger partial charge in [0.2, 0.25) is 5.91 Å². The van der Waals surface area contributed by atoms with Crippen LogP contribution in [0, 0.1) is 0 Å². The molecule has 27 heavy (non-hydrogen) atoms. The summed E-state index contributed by atoms with van der Waals surface area (Å²) < 4.78 is 3.77. The highest BCUT2D eigenvalue weighted by molar-refractivity contribution is 5.80. The van der Waals surface area contributed by atoms with Crippen LogP contribution in [-0.4, -0.2) is 61.1 Å². The Morgan fingerprint density at radius 1 is 1.00 bits per heavy atom. The van der Waals surface area contributed by atoms with Crippen molar-refractivity contribution >= 4 is 17.4 Å². The van der Waals surface area contributed by atoms with Gasteiger partial charge in [-0.2, -0.15) is 0 Å². The fourth-order valence-electron chi connectivity index (χ4n) is 3.61. The Morgan fingerprint density at radius 3 is 2.48 bits per heavy atom. The van der Waals surface area contributed by atoms with Gasteiger partial charge < -0.3 is 14.4 Å². The number of rotatable bonds is 4. The molecule has 0 bridgehead atoms. The molecular weight excluding hydrogens is 342 g/mol. The number of carbonyl (C=O) groups is 1. The molecular formula is C19H25N7O. The van der Waals surface area contributed by atoms with E-state index in [9.17, 15) is 4.79 Å². The molecule has 0 spiro atoms. The van der Waals surface area contributed by atoms with Gasteiger partial charge in [0.25, 0.3) is 0 Å². The number of aromatic nitrogens is 5. The first-order valence-electron chi connectivity index (χ1n) is 9.41. The molecule has 1 fully saturated rings. The molecule has 1 aliphatic heterocycles. The van der Waals surface area contributed by atoms with Crippen LogP contribution >= 0.6 is 0 Å². The summed E-state index contributed by atoms with van der Waals surface area (Å²) in [5, 5.41) is 4.60. The van der Waals surface area contributed by atoms with Gasteiger partial charge >= 0.3 is 0 Å². The molecule has 8 nitrogen and oxygen atoms in total. The monoisotopic (exact) mass is 367 g/mol. The number of piperazine rings is 1. The Bertz CT molecular complexity index is 936. The lowest BCUT2D eigenvalue weighted by atomic mass is 10.2. The molecule has 0 aliphatic carbocycles. The lowest BCUT2D eigenvalue weighted by molar-refractivity contribution is -0.134. The molecule has 3 aromatic heterocycles. The van der Waals surface area contributed by atoms with Crippen LogP contribution in [0.25, 0.3) is 5.65 Å². The zero-order chi connectivity index (χ0) is 19.0. The highest BCUT2D eigenvalue weighted by Crippen LogP contribution is 2.20. The second-order valence-electron chi connectivity index (χ2n) is 7.26. The van der Waals surface area contributed by atoms with Crippen molar-refractivity contribution in [3.8, 4) is 0 Å². The van der Waals surface area contributed by atoms with Crippen molar-refractivity contribution in [1.82, 2.24) is 29.0 Å². The zero-order valence-electron chi connectivity index (χ0n) is 16.0.